The first kappa shape index (κ1) is 18.5. The number of hydrogen-bond donors (Lipinski definition) is 0. The lowest BCUT2D eigenvalue weighted by atomic mass is 9.76. The summed E-state index contributed by atoms with van der Waals surface area (Å²) in [6.45, 7) is 10.6. The summed E-state index contributed by atoms with van der Waals surface area (Å²) in [4.78, 5) is 25.5. The minimum absolute atomic E-state index is 0.234. The third-order valence-electron chi connectivity index (χ3n) is 4.25. The maximum absolute atomic E-state index is 12.8. The van der Waals surface area contributed by atoms with Crippen LogP contribution >= 0.6 is 0 Å². The molecule has 5 heteroatoms. The minimum atomic E-state index is -1.79. The molecule has 0 saturated carbocycles. The third-order valence-corrected chi connectivity index (χ3v) is 6.28. The molecule has 1 aliphatic carbocycles. The van der Waals surface area contributed by atoms with Gasteiger partial charge in [0.2, 0.25) is 0 Å². The molecule has 2 rings (SSSR count). The lowest BCUT2D eigenvalue weighted by molar-refractivity contribution is -0.168. The zero-order valence-corrected chi connectivity index (χ0v) is 16.1. The third kappa shape index (κ3) is 3.31. The second-order valence-corrected chi connectivity index (χ2v) is 12.1. The van der Waals surface area contributed by atoms with Crippen LogP contribution < -0.4 is 0 Å². The maximum Gasteiger partial charge on any atom is 0.327 e. The number of carbonyl (C=O) groups is 2. The average Bonchev–Trinajstić information content (AvgIpc) is 2.53. The van der Waals surface area contributed by atoms with E-state index in [2.05, 4.69) is 25.7 Å². The Morgan fingerprint density at radius 2 is 1.58 bits per heavy atom. The van der Waals surface area contributed by atoms with Gasteiger partial charge in [-0.1, -0.05) is 55.2 Å². The van der Waals surface area contributed by atoms with Crippen LogP contribution in [0.1, 0.15) is 25.0 Å². The van der Waals surface area contributed by atoms with Gasteiger partial charge < -0.3 is 9.47 Å². The summed E-state index contributed by atoms with van der Waals surface area (Å²) in [5.74, 6) is -1.04. The first-order chi connectivity index (χ1) is 11.3. The molecule has 1 aromatic carbocycles. The quantitative estimate of drug-likeness (QED) is 0.464. The standard InChI is InChI=1S/C19H26O4Si/c1-6-22-17(20)19(18(21)23-7-2)12-14-10-8-9-11-15(14)16(13-19)24(3,4)5/h8-11,13H,6-7,12H2,1-5H3. The molecule has 0 N–H and O–H groups in total. The van der Waals surface area contributed by atoms with E-state index in [1.807, 2.05) is 24.3 Å². The van der Waals surface area contributed by atoms with Gasteiger partial charge in [0, 0.05) is 6.42 Å². The molecule has 1 aliphatic rings. The van der Waals surface area contributed by atoms with Crippen molar-refractivity contribution in [1.82, 2.24) is 0 Å². The largest absolute Gasteiger partial charge is 0.465 e. The molecule has 0 heterocycles. The second kappa shape index (κ2) is 6.93. The summed E-state index contributed by atoms with van der Waals surface area (Å²) >= 11 is 0. The van der Waals surface area contributed by atoms with Gasteiger partial charge in [-0.15, -0.1) is 0 Å². The fourth-order valence-electron chi connectivity index (χ4n) is 3.10. The smallest absolute Gasteiger partial charge is 0.327 e. The predicted octanol–water partition coefficient (Wildman–Crippen LogP) is 3.62. The summed E-state index contributed by atoms with van der Waals surface area (Å²) in [5.41, 5.74) is 0.759. The molecule has 130 valence electrons. The summed E-state index contributed by atoms with van der Waals surface area (Å²) in [5, 5.41) is 1.10. The highest BCUT2D eigenvalue weighted by Gasteiger charge is 2.50. The van der Waals surface area contributed by atoms with Gasteiger partial charge in [-0.25, -0.2) is 0 Å². The Kier molecular flexibility index (Phi) is 5.33. The molecule has 0 aliphatic heterocycles. The molecule has 0 saturated heterocycles. The Hall–Kier alpha value is -1.88. The van der Waals surface area contributed by atoms with E-state index in [-0.39, 0.29) is 19.6 Å². The van der Waals surface area contributed by atoms with E-state index in [1.165, 1.54) is 0 Å². The van der Waals surface area contributed by atoms with Gasteiger partial charge in [-0.2, -0.15) is 0 Å². The van der Waals surface area contributed by atoms with Crippen molar-refractivity contribution in [2.24, 2.45) is 5.41 Å². The van der Waals surface area contributed by atoms with Crippen molar-refractivity contribution in [3.8, 4) is 0 Å². The summed E-state index contributed by atoms with van der Waals surface area (Å²) < 4.78 is 10.5. The second-order valence-electron chi connectivity index (χ2n) is 7.05. The van der Waals surface area contributed by atoms with Crippen LogP contribution in [0.3, 0.4) is 0 Å². The van der Waals surface area contributed by atoms with Crippen molar-refractivity contribution in [1.29, 1.82) is 0 Å². The van der Waals surface area contributed by atoms with Crippen LogP contribution in [0.15, 0.2) is 30.3 Å². The first-order valence-electron chi connectivity index (χ1n) is 8.42. The highest BCUT2D eigenvalue weighted by Crippen LogP contribution is 2.42. The number of rotatable bonds is 5. The van der Waals surface area contributed by atoms with Gasteiger partial charge >= 0.3 is 11.9 Å². The van der Waals surface area contributed by atoms with Crippen LogP contribution in [0, 0.1) is 5.41 Å². The lowest BCUT2D eigenvalue weighted by Crippen LogP contribution is -2.45. The minimum Gasteiger partial charge on any atom is -0.465 e. The van der Waals surface area contributed by atoms with Gasteiger partial charge in [0.1, 0.15) is 0 Å². The molecule has 0 spiro atoms. The van der Waals surface area contributed by atoms with E-state index in [4.69, 9.17) is 9.47 Å². The molecule has 1 aromatic rings. The molecule has 0 aromatic heterocycles. The number of carbonyl (C=O) groups excluding carboxylic acids is 2. The van der Waals surface area contributed by atoms with Crippen molar-refractivity contribution in [3.63, 3.8) is 0 Å². The van der Waals surface area contributed by atoms with Crippen molar-refractivity contribution in [3.05, 3.63) is 41.5 Å². The van der Waals surface area contributed by atoms with Gasteiger partial charge in [0.15, 0.2) is 5.41 Å². The summed E-state index contributed by atoms with van der Waals surface area (Å²) in [6.07, 6.45) is 2.12. The highest BCUT2D eigenvalue weighted by molar-refractivity contribution is 6.93. The zero-order chi connectivity index (χ0) is 18.0. The summed E-state index contributed by atoms with van der Waals surface area (Å²) in [7, 11) is -1.79. The number of hydrogen-bond acceptors (Lipinski definition) is 4. The van der Waals surface area contributed by atoms with E-state index in [0.717, 1.165) is 16.3 Å². The average molecular weight is 346 g/mol. The molecule has 0 radical (unpaired) electrons. The van der Waals surface area contributed by atoms with Crippen LogP contribution in [0.4, 0.5) is 0 Å². The molecule has 0 bridgehead atoms. The van der Waals surface area contributed by atoms with E-state index < -0.39 is 25.4 Å². The Bertz CT molecular complexity index is 652. The topological polar surface area (TPSA) is 52.6 Å². The monoisotopic (exact) mass is 346 g/mol. The Labute approximate surface area is 144 Å². The molecule has 0 unspecified atom stereocenters. The molecule has 0 amide bonds. The van der Waals surface area contributed by atoms with E-state index >= 15 is 0 Å². The Balaban J connectivity index is 2.68. The van der Waals surface area contributed by atoms with E-state index in [0.29, 0.717) is 0 Å². The molecular weight excluding hydrogens is 320 g/mol. The van der Waals surface area contributed by atoms with Gasteiger partial charge in [-0.05, 0) is 25.0 Å². The number of esters is 2. The summed E-state index contributed by atoms with van der Waals surface area (Å²) in [6, 6.07) is 7.98. The molecule has 0 atom stereocenters. The fourth-order valence-corrected chi connectivity index (χ4v) is 4.83. The van der Waals surface area contributed by atoms with E-state index in [9.17, 15) is 9.59 Å². The lowest BCUT2D eigenvalue weighted by Gasteiger charge is -2.35. The van der Waals surface area contributed by atoms with E-state index in [1.54, 1.807) is 13.8 Å². The van der Waals surface area contributed by atoms with Gasteiger partial charge in [0.05, 0.1) is 21.3 Å². The Morgan fingerprint density at radius 3 is 2.08 bits per heavy atom. The van der Waals surface area contributed by atoms with Gasteiger partial charge in [0.25, 0.3) is 0 Å². The van der Waals surface area contributed by atoms with Crippen LogP contribution in [0.2, 0.25) is 19.6 Å². The normalized spacial score (nSPS) is 16.0. The van der Waals surface area contributed by atoms with Crippen LogP contribution in [-0.4, -0.2) is 33.2 Å². The molecular formula is C19H26O4Si. The molecule has 24 heavy (non-hydrogen) atoms. The van der Waals surface area contributed by atoms with Crippen molar-refractivity contribution >= 4 is 25.2 Å². The maximum atomic E-state index is 12.8. The van der Waals surface area contributed by atoms with Crippen LogP contribution in [-0.2, 0) is 25.5 Å². The number of benzene rings is 1. The van der Waals surface area contributed by atoms with Crippen molar-refractivity contribution in [2.45, 2.75) is 39.9 Å². The SMILES string of the molecule is CCOC(=O)C1(C(=O)OCC)C=C([Si](C)(C)C)c2ccccc2C1. The van der Waals surface area contributed by atoms with Crippen molar-refractivity contribution in [2.75, 3.05) is 13.2 Å². The highest BCUT2D eigenvalue weighted by atomic mass is 28.3. The number of ether oxygens (including phenoxy) is 2. The molecule has 0 fully saturated rings. The van der Waals surface area contributed by atoms with Crippen LogP contribution in [0.5, 0.6) is 0 Å². The predicted molar refractivity (Wildman–Crippen MR) is 97.2 cm³/mol. The fraction of sp³-hybridized carbons (Fsp3) is 0.474. The number of fused-ring (bicyclic) bond motifs is 1. The molecule has 4 nitrogen and oxygen atoms in total. The first-order valence-corrected chi connectivity index (χ1v) is 11.9. The zero-order valence-electron chi connectivity index (χ0n) is 15.1. The van der Waals surface area contributed by atoms with Crippen LogP contribution in [0.25, 0.3) is 5.20 Å². The van der Waals surface area contributed by atoms with Gasteiger partial charge in [-0.3, -0.25) is 9.59 Å². The Morgan fingerprint density at radius 1 is 1.04 bits per heavy atom. The van der Waals surface area contributed by atoms with Crippen molar-refractivity contribution < 1.29 is 19.1 Å².